The van der Waals surface area contributed by atoms with E-state index in [-0.39, 0.29) is 0 Å². The molecule has 0 aromatic rings. The molecule has 0 atom stereocenters. The van der Waals surface area contributed by atoms with Crippen LogP contribution in [0.25, 0.3) is 0 Å². The lowest BCUT2D eigenvalue weighted by Gasteiger charge is -2.21. The number of hydrazone groups is 2. The van der Waals surface area contributed by atoms with Crippen LogP contribution in [-0.2, 0) is 0 Å². The van der Waals surface area contributed by atoms with E-state index in [0.29, 0.717) is 6.04 Å². The smallest absolute Gasteiger partial charge is 0.142 e. The second kappa shape index (κ2) is 4.71. The van der Waals surface area contributed by atoms with Crippen molar-refractivity contribution in [2.75, 3.05) is 7.05 Å². The molecular weight excluding hydrogens is 140 g/mol. The minimum absolute atomic E-state index is 0.296. The molecule has 0 aliphatic heterocycles. The zero-order valence-corrected chi connectivity index (χ0v) is 7.63. The molecule has 0 saturated carbocycles. The summed E-state index contributed by atoms with van der Waals surface area (Å²) in [6.07, 6.45) is 0. The van der Waals surface area contributed by atoms with Crippen molar-refractivity contribution in [2.24, 2.45) is 10.2 Å². The highest BCUT2D eigenvalue weighted by molar-refractivity contribution is 5.79. The molecule has 0 aromatic heterocycles. The SMILES string of the molecule is C=NN(/C(C)=N\NC)C(C)C. The van der Waals surface area contributed by atoms with Crippen molar-refractivity contribution in [3.63, 3.8) is 0 Å². The highest BCUT2D eigenvalue weighted by Crippen LogP contribution is 1.98. The second-order valence-corrected chi connectivity index (χ2v) is 2.46. The van der Waals surface area contributed by atoms with Gasteiger partial charge in [-0.25, -0.2) is 5.01 Å². The standard InChI is InChI=1S/C7H16N4/c1-6(2)11(9-5)7(3)10-8-4/h6,8H,5H2,1-4H3/b10-7-. The first-order valence-electron chi connectivity index (χ1n) is 3.60. The second-order valence-electron chi connectivity index (χ2n) is 2.46. The number of hydrogen-bond donors (Lipinski definition) is 1. The van der Waals surface area contributed by atoms with Crippen LogP contribution in [0.1, 0.15) is 20.8 Å². The average Bonchev–Trinajstić information content (AvgIpc) is 1.88. The zero-order chi connectivity index (χ0) is 8.85. The van der Waals surface area contributed by atoms with Crippen molar-refractivity contribution in [3.8, 4) is 0 Å². The Morgan fingerprint density at radius 2 is 2.09 bits per heavy atom. The van der Waals surface area contributed by atoms with Crippen LogP contribution in [0, 0.1) is 0 Å². The molecule has 0 heterocycles. The molecule has 4 nitrogen and oxygen atoms in total. The fourth-order valence-electron chi connectivity index (χ4n) is 0.852. The summed E-state index contributed by atoms with van der Waals surface area (Å²) in [5, 5.41) is 9.54. The van der Waals surface area contributed by atoms with Crippen LogP contribution in [0.15, 0.2) is 10.2 Å². The highest BCUT2D eigenvalue weighted by Gasteiger charge is 2.07. The molecule has 0 rings (SSSR count). The largest absolute Gasteiger partial charge is 0.311 e. The molecule has 0 aliphatic carbocycles. The highest BCUT2D eigenvalue weighted by atomic mass is 15.5. The first-order chi connectivity index (χ1) is 5.13. The molecule has 1 N–H and O–H groups in total. The number of amidine groups is 1. The van der Waals surface area contributed by atoms with Crippen LogP contribution in [0.2, 0.25) is 0 Å². The first kappa shape index (κ1) is 9.94. The van der Waals surface area contributed by atoms with Gasteiger partial charge in [0.25, 0.3) is 0 Å². The molecule has 4 heteroatoms. The van der Waals surface area contributed by atoms with Gasteiger partial charge < -0.3 is 5.43 Å². The fraction of sp³-hybridized carbons (Fsp3) is 0.714. The third-order valence-corrected chi connectivity index (χ3v) is 1.25. The Kier molecular flexibility index (Phi) is 4.26. The van der Waals surface area contributed by atoms with E-state index in [9.17, 15) is 0 Å². The molecule has 0 saturated heterocycles. The maximum Gasteiger partial charge on any atom is 0.142 e. The lowest BCUT2D eigenvalue weighted by Crippen LogP contribution is -2.31. The van der Waals surface area contributed by atoms with Gasteiger partial charge in [0.05, 0.1) is 0 Å². The topological polar surface area (TPSA) is 40.0 Å². The molecule has 0 spiro atoms. The van der Waals surface area contributed by atoms with Gasteiger partial charge in [-0.15, -0.1) is 0 Å². The Hall–Kier alpha value is -1.06. The molecule has 0 bridgehead atoms. The third kappa shape index (κ3) is 3.02. The number of nitrogens with zero attached hydrogens (tertiary/aromatic N) is 3. The van der Waals surface area contributed by atoms with Crippen molar-refractivity contribution in [2.45, 2.75) is 26.8 Å². The molecule has 0 amide bonds. The summed E-state index contributed by atoms with van der Waals surface area (Å²) in [6.45, 7) is 9.40. The Morgan fingerprint density at radius 3 is 2.36 bits per heavy atom. The molecule has 0 fully saturated rings. The predicted octanol–water partition coefficient (Wildman–Crippen LogP) is 0.865. The van der Waals surface area contributed by atoms with Gasteiger partial charge in [-0.05, 0) is 20.8 Å². The molecule has 0 unspecified atom stereocenters. The Balaban J connectivity index is 4.25. The van der Waals surface area contributed by atoms with Crippen molar-refractivity contribution >= 4 is 12.6 Å². The fourth-order valence-corrected chi connectivity index (χ4v) is 0.852. The van der Waals surface area contributed by atoms with E-state index in [0.717, 1.165) is 5.84 Å². The van der Waals surface area contributed by atoms with Crippen LogP contribution < -0.4 is 5.43 Å². The lowest BCUT2D eigenvalue weighted by atomic mass is 10.4. The van der Waals surface area contributed by atoms with Crippen molar-refractivity contribution < 1.29 is 0 Å². The van der Waals surface area contributed by atoms with Gasteiger partial charge in [0.15, 0.2) is 0 Å². The van der Waals surface area contributed by atoms with E-state index in [4.69, 9.17) is 0 Å². The molecular formula is C7H16N4. The summed E-state index contributed by atoms with van der Waals surface area (Å²) in [7, 11) is 1.76. The summed E-state index contributed by atoms with van der Waals surface area (Å²) in [4.78, 5) is 0. The molecule has 0 radical (unpaired) electrons. The summed E-state index contributed by atoms with van der Waals surface area (Å²) in [6, 6.07) is 0.296. The molecule has 0 aliphatic rings. The summed E-state index contributed by atoms with van der Waals surface area (Å²) < 4.78 is 0. The van der Waals surface area contributed by atoms with Gasteiger partial charge in [-0.3, -0.25) is 0 Å². The van der Waals surface area contributed by atoms with Crippen LogP contribution in [0.3, 0.4) is 0 Å². The Labute approximate surface area is 68.0 Å². The van der Waals surface area contributed by atoms with Crippen LogP contribution in [0.5, 0.6) is 0 Å². The van der Waals surface area contributed by atoms with Gasteiger partial charge in [0.1, 0.15) is 5.84 Å². The maximum atomic E-state index is 3.98. The van der Waals surface area contributed by atoms with Gasteiger partial charge >= 0.3 is 0 Å². The molecule has 64 valence electrons. The molecule has 0 aromatic carbocycles. The number of rotatable bonds is 3. The normalized spacial score (nSPS) is 11.5. The van der Waals surface area contributed by atoms with Crippen LogP contribution in [-0.4, -0.2) is 30.7 Å². The van der Waals surface area contributed by atoms with Gasteiger partial charge in [0.2, 0.25) is 0 Å². The van der Waals surface area contributed by atoms with E-state index < -0.39 is 0 Å². The van der Waals surface area contributed by atoms with E-state index in [1.54, 1.807) is 12.1 Å². The lowest BCUT2D eigenvalue weighted by molar-refractivity contribution is 0.366. The molecule has 11 heavy (non-hydrogen) atoms. The summed E-state index contributed by atoms with van der Waals surface area (Å²) >= 11 is 0. The van der Waals surface area contributed by atoms with Crippen molar-refractivity contribution in [1.29, 1.82) is 0 Å². The van der Waals surface area contributed by atoms with Crippen molar-refractivity contribution in [3.05, 3.63) is 0 Å². The quantitative estimate of drug-likeness (QED) is 0.374. The van der Waals surface area contributed by atoms with Gasteiger partial charge in [-0.2, -0.15) is 10.2 Å². The minimum Gasteiger partial charge on any atom is -0.311 e. The van der Waals surface area contributed by atoms with Crippen LogP contribution in [0.4, 0.5) is 0 Å². The number of nitrogens with one attached hydrogen (secondary N) is 1. The van der Waals surface area contributed by atoms with E-state index in [1.807, 2.05) is 20.8 Å². The monoisotopic (exact) mass is 156 g/mol. The summed E-state index contributed by atoms with van der Waals surface area (Å²) in [5.74, 6) is 0.817. The van der Waals surface area contributed by atoms with Crippen LogP contribution >= 0.6 is 0 Å². The zero-order valence-electron chi connectivity index (χ0n) is 7.63. The first-order valence-corrected chi connectivity index (χ1v) is 3.60. The third-order valence-electron chi connectivity index (χ3n) is 1.25. The van der Waals surface area contributed by atoms with E-state index in [1.165, 1.54) is 0 Å². The van der Waals surface area contributed by atoms with Gasteiger partial charge in [-0.1, -0.05) is 0 Å². The predicted molar refractivity (Wildman–Crippen MR) is 48.7 cm³/mol. The average molecular weight is 156 g/mol. The maximum absolute atomic E-state index is 3.98. The number of hydrogen-bond acceptors (Lipinski definition) is 3. The summed E-state index contributed by atoms with van der Waals surface area (Å²) in [5.41, 5.74) is 2.70. The minimum atomic E-state index is 0.296. The van der Waals surface area contributed by atoms with Crippen molar-refractivity contribution in [1.82, 2.24) is 10.4 Å². The van der Waals surface area contributed by atoms with Gasteiger partial charge in [0, 0.05) is 19.8 Å². The Bertz CT molecular complexity index is 151. The van der Waals surface area contributed by atoms with E-state index >= 15 is 0 Å². The van der Waals surface area contributed by atoms with E-state index in [2.05, 4.69) is 22.3 Å². The Morgan fingerprint density at radius 1 is 1.55 bits per heavy atom.